The van der Waals surface area contributed by atoms with E-state index in [1.54, 1.807) is 0 Å². The van der Waals surface area contributed by atoms with Gasteiger partial charge in [-0.1, -0.05) is 62.4 Å². The van der Waals surface area contributed by atoms with Gasteiger partial charge in [-0.25, -0.2) is 4.99 Å². The van der Waals surface area contributed by atoms with Gasteiger partial charge in [0.15, 0.2) is 0 Å². The highest BCUT2D eigenvalue weighted by molar-refractivity contribution is 5.99. The fourth-order valence-electron chi connectivity index (χ4n) is 2.50. The van der Waals surface area contributed by atoms with Crippen LogP contribution in [0.15, 0.2) is 89.9 Å². The van der Waals surface area contributed by atoms with Gasteiger partial charge in [0, 0.05) is 0 Å². The van der Waals surface area contributed by atoms with Gasteiger partial charge in [0.25, 0.3) is 0 Å². The van der Waals surface area contributed by atoms with Crippen molar-refractivity contribution >= 4 is 17.1 Å². The molecule has 0 aliphatic rings. The maximum atomic E-state index is 5.78. The summed E-state index contributed by atoms with van der Waals surface area (Å²) in [5, 5.41) is 0. The van der Waals surface area contributed by atoms with E-state index in [0.29, 0.717) is 5.92 Å². The molecule has 0 atom stereocenters. The minimum Gasteiger partial charge on any atom is -0.493 e. The Morgan fingerprint density at radius 3 is 2.00 bits per heavy atom. The molecule has 2 heteroatoms. The monoisotopic (exact) mass is 341 g/mol. The van der Waals surface area contributed by atoms with E-state index in [0.717, 1.165) is 34.7 Å². The number of rotatable bonds is 6. The predicted octanol–water partition coefficient (Wildman–Crippen LogP) is 6.15. The quantitative estimate of drug-likeness (QED) is 0.492. The molecule has 0 saturated heterocycles. The number of ether oxygens (including phenoxy) is 1. The molecule has 130 valence electrons. The maximum Gasteiger partial charge on any atom is 0.119 e. The van der Waals surface area contributed by atoms with Gasteiger partial charge in [-0.15, -0.1) is 0 Å². The Morgan fingerprint density at radius 1 is 0.808 bits per heavy atom. The summed E-state index contributed by atoms with van der Waals surface area (Å²) in [5.41, 5.74) is 4.00. The van der Waals surface area contributed by atoms with Crippen LogP contribution in [-0.2, 0) is 0 Å². The number of benzene rings is 3. The second-order valence-corrected chi connectivity index (χ2v) is 6.53. The van der Waals surface area contributed by atoms with Crippen LogP contribution in [-0.4, -0.2) is 12.5 Å². The van der Waals surface area contributed by atoms with Crippen molar-refractivity contribution in [2.24, 2.45) is 10.9 Å². The molecule has 0 N–H and O–H groups in total. The average Bonchev–Trinajstić information content (AvgIpc) is 2.69. The van der Waals surface area contributed by atoms with E-state index >= 15 is 0 Å². The summed E-state index contributed by atoms with van der Waals surface area (Å²) in [6.07, 6.45) is 0. The van der Waals surface area contributed by atoms with Gasteiger partial charge in [0.2, 0.25) is 0 Å². The Morgan fingerprint density at radius 2 is 1.38 bits per heavy atom. The van der Waals surface area contributed by atoms with Crippen molar-refractivity contribution < 1.29 is 4.74 Å². The van der Waals surface area contributed by atoms with Gasteiger partial charge in [0.05, 0.1) is 17.9 Å². The van der Waals surface area contributed by atoms with Gasteiger partial charge >= 0.3 is 0 Å². The number of para-hydroxylation sites is 1. The highest BCUT2D eigenvalue weighted by Crippen LogP contribution is 2.24. The predicted molar refractivity (Wildman–Crippen MR) is 109 cm³/mol. The fraction of sp³-hybridized carbons (Fsp3) is 0.167. The third-order valence-electron chi connectivity index (χ3n) is 3.84. The molecule has 2 nitrogen and oxygen atoms in total. The van der Waals surface area contributed by atoms with Crippen molar-refractivity contribution in [3.63, 3.8) is 0 Å². The maximum absolute atomic E-state index is 5.78. The van der Waals surface area contributed by atoms with Crippen LogP contribution in [0.4, 0.5) is 5.69 Å². The first-order chi connectivity index (χ1) is 12.7. The lowest BCUT2D eigenvalue weighted by Gasteiger charge is -2.10. The average molecular weight is 341 g/mol. The number of aliphatic imine (C=N–C) groups is 1. The molecule has 3 aromatic rings. The van der Waals surface area contributed by atoms with E-state index in [4.69, 9.17) is 4.74 Å². The lowest BCUT2D eigenvalue weighted by molar-refractivity contribution is 0.271. The molecular weight excluding hydrogens is 318 g/mol. The van der Waals surface area contributed by atoms with E-state index in [1.165, 1.54) is 0 Å². The Bertz CT molecular complexity index is 875. The second kappa shape index (κ2) is 8.84. The molecule has 0 aliphatic heterocycles. The first-order valence-electron chi connectivity index (χ1n) is 8.90. The minimum atomic E-state index is 0.507. The van der Waals surface area contributed by atoms with Crippen molar-refractivity contribution in [3.8, 4) is 5.75 Å². The summed E-state index contributed by atoms with van der Waals surface area (Å²) in [5.74, 6) is 4.63. The number of hydrogen-bond acceptors (Lipinski definition) is 2. The Kier molecular flexibility index (Phi) is 6.03. The van der Waals surface area contributed by atoms with Crippen LogP contribution >= 0.6 is 0 Å². The van der Waals surface area contributed by atoms with Crippen molar-refractivity contribution in [3.05, 3.63) is 96.1 Å². The molecule has 0 fully saturated rings. The van der Waals surface area contributed by atoms with Crippen LogP contribution in [0.5, 0.6) is 5.75 Å². The Labute approximate surface area is 155 Å². The Hall–Kier alpha value is -3.09. The fourth-order valence-corrected chi connectivity index (χ4v) is 2.50. The minimum absolute atomic E-state index is 0.507. The van der Waals surface area contributed by atoms with E-state index < -0.39 is 0 Å². The molecule has 3 rings (SSSR count). The second-order valence-electron chi connectivity index (χ2n) is 6.53. The van der Waals surface area contributed by atoms with Gasteiger partial charge < -0.3 is 4.74 Å². The van der Waals surface area contributed by atoms with Crippen LogP contribution in [0.25, 0.3) is 5.57 Å². The van der Waals surface area contributed by atoms with E-state index in [-0.39, 0.29) is 0 Å². The largest absolute Gasteiger partial charge is 0.493 e. The highest BCUT2D eigenvalue weighted by Gasteiger charge is 2.06. The molecule has 0 bridgehead atoms. The molecular formula is C24H23NO. The first-order valence-corrected chi connectivity index (χ1v) is 8.90. The number of hydrogen-bond donors (Lipinski definition) is 0. The van der Waals surface area contributed by atoms with Crippen LogP contribution < -0.4 is 4.74 Å². The topological polar surface area (TPSA) is 21.6 Å². The van der Waals surface area contributed by atoms with Crippen LogP contribution in [0.1, 0.15) is 25.0 Å². The van der Waals surface area contributed by atoms with Gasteiger partial charge in [0.1, 0.15) is 5.75 Å². The van der Waals surface area contributed by atoms with Crippen LogP contribution in [0, 0.1) is 5.92 Å². The molecule has 0 heterocycles. The van der Waals surface area contributed by atoms with Crippen molar-refractivity contribution in [2.45, 2.75) is 13.8 Å². The molecule has 3 aromatic carbocycles. The highest BCUT2D eigenvalue weighted by atomic mass is 16.5. The molecule has 0 saturated carbocycles. The molecule has 0 radical (unpaired) electrons. The van der Waals surface area contributed by atoms with Crippen molar-refractivity contribution in [1.82, 2.24) is 0 Å². The number of nitrogens with zero attached hydrogens (tertiary/aromatic N) is 1. The van der Waals surface area contributed by atoms with E-state index in [1.807, 2.05) is 60.7 Å². The molecule has 0 spiro atoms. The smallest absolute Gasteiger partial charge is 0.119 e. The summed E-state index contributed by atoms with van der Waals surface area (Å²) < 4.78 is 5.78. The Balaban J connectivity index is 1.95. The summed E-state index contributed by atoms with van der Waals surface area (Å²) in [7, 11) is 0. The van der Waals surface area contributed by atoms with Gasteiger partial charge in [-0.05, 0) is 59.3 Å². The standard InChI is InChI=1S/C24H23NO/c1-19(2)18-26-23-15-13-21(14-16-23)24(20-9-5-3-6-10-20)17-25-22-11-7-4-8-12-22/h3-16,19H,18H2,1-2H3. The molecule has 0 amide bonds. The van der Waals surface area contributed by atoms with Crippen molar-refractivity contribution in [1.29, 1.82) is 0 Å². The summed E-state index contributed by atoms with van der Waals surface area (Å²) in [4.78, 5) is 4.52. The lowest BCUT2D eigenvalue weighted by atomic mass is 9.99. The lowest BCUT2D eigenvalue weighted by Crippen LogP contribution is -2.04. The summed E-state index contributed by atoms with van der Waals surface area (Å²) in [6, 6.07) is 28.2. The van der Waals surface area contributed by atoms with E-state index in [9.17, 15) is 0 Å². The third kappa shape index (κ3) is 4.95. The summed E-state index contributed by atoms with van der Waals surface area (Å²) >= 11 is 0. The van der Waals surface area contributed by atoms with Gasteiger partial charge in [-0.3, -0.25) is 0 Å². The zero-order valence-electron chi connectivity index (χ0n) is 15.2. The zero-order valence-corrected chi connectivity index (χ0v) is 15.2. The normalized spacial score (nSPS) is 10.3. The SMILES string of the molecule is CC(C)COc1ccc(C(=C=Nc2ccccc2)c2ccccc2)cc1. The van der Waals surface area contributed by atoms with Crippen molar-refractivity contribution in [2.75, 3.05) is 6.61 Å². The zero-order chi connectivity index (χ0) is 18.2. The molecule has 26 heavy (non-hydrogen) atoms. The third-order valence-corrected chi connectivity index (χ3v) is 3.84. The van der Waals surface area contributed by atoms with Crippen LogP contribution in [0.2, 0.25) is 0 Å². The van der Waals surface area contributed by atoms with Crippen LogP contribution in [0.3, 0.4) is 0 Å². The first kappa shape index (κ1) is 17.7. The summed E-state index contributed by atoms with van der Waals surface area (Å²) in [6.45, 7) is 5.01. The van der Waals surface area contributed by atoms with E-state index in [2.05, 4.69) is 49.0 Å². The molecule has 0 aromatic heterocycles. The molecule has 0 aliphatic carbocycles. The molecule has 0 unspecified atom stereocenters. The van der Waals surface area contributed by atoms with Gasteiger partial charge in [-0.2, -0.15) is 0 Å².